The van der Waals surface area contributed by atoms with Crippen LogP contribution in [-0.4, -0.2) is 39.0 Å². The smallest absolute Gasteiger partial charge is 0.192 e. The van der Waals surface area contributed by atoms with Crippen LogP contribution in [0.25, 0.3) is 22.2 Å². The summed E-state index contributed by atoms with van der Waals surface area (Å²) in [6.07, 6.45) is 10.3. The van der Waals surface area contributed by atoms with Gasteiger partial charge in [-0.3, -0.25) is 9.36 Å². The van der Waals surface area contributed by atoms with Crippen molar-refractivity contribution in [2.24, 2.45) is 7.05 Å². The van der Waals surface area contributed by atoms with Crippen LogP contribution in [0.1, 0.15) is 52.5 Å². The molecule has 3 heterocycles. The monoisotopic (exact) mass is 445 g/mol. The summed E-state index contributed by atoms with van der Waals surface area (Å²) in [5, 5.41) is 11.1. The maximum atomic E-state index is 6.68. The van der Waals surface area contributed by atoms with Crippen LogP contribution in [0.3, 0.4) is 0 Å². The highest BCUT2D eigenvalue weighted by Gasteiger charge is 2.40. The molecule has 0 bridgehead atoms. The van der Waals surface area contributed by atoms with Gasteiger partial charge in [0.1, 0.15) is 10.8 Å². The van der Waals surface area contributed by atoms with E-state index >= 15 is 0 Å². The van der Waals surface area contributed by atoms with Gasteiger partial charge in [-0.2, -0.15) is 10.2 Å². The molecule has 0 N–H and O–H groups in total. The second-order valence-corrected chi connectivity index (χ2v) is 15.2. The minimum atomic E-state index is -1.74. The summed E-state index contributed by atoms with van der Waals surface area (Å²) in [6, 6.07) is 2.28. The molecule has 1 aliphatic carbocycles. The summed E-state index contributed by atoms with van der Waals surface area (Å²) in [4.78, 5) is 4.30. The first-order valence-electron chi connectivity index (χ1n) is 10.8. The van der Waals surface area contributed by atoms with Crippen molar-refractivity contribution in [3.8, 4) is 11.3 Å². The molecule has 1 fully saturated rings. The molecule has 0 saturated heterocycles. The maximum absolute atomic E-state index is 6.68. The lowest BCUT2D eigenvalue weighted by Crippen LogP contribution is -2.44. The van der Waals surface area contributed by atoms with Crippen molar-refractivity contribution in [1.82, 2.24) is 24.5 Å². The maximum Gasteiger partial charge on any atom is 0.192 e. The van der Waals surface area contributed by atoms with Gasteiger partial charge in [-0.1, -0.05) is 32.4 Å². The number of aryl methyl sites for hydroxylation is 1. The van der Waals surface area contributed by atoms with Gasteiger partial charge in [-0.05, 0) is 43.8 Å². The average molecular weight is 446 g/mol. The van der Waals surface area contributed by atoms with E-state index in [1.54, 1.807) is 4.68 Å². The van der Waals surface area contributed by atoms with Crippen molar-refractivity contribution < 1.29 is 4.43 Å². The average Bonchev–Trinajstić information content (AvgIpc) is 3.24. The van der Waals surface area contributed by atoms with E-state index in [0.717, 1.165) is 47.8 Å². The second-order valence-electron chi connectivity index (χ2n) is 10.0. The van der Waals surface area contributed by atoms with Crippen molar-refractivity contribution >= 4 is 30.8 Å². The molecule has 3 aromatic rings. The topological polar surface area (TPSA) is 57.8 Å². The van der Waals surface area contributed by atoms with Gasteiger partial charge in [0, 0.05) is 42.6 Å². The van der Waals surface area contributed by atoms with Gasteiger partial charge in [-0.25, -0.2) is 4.98 Å². The van der Waals surface area contributed by atoms with Crippen molar-refractivity contribution in [2.45, 2.75) is 76.7 Å². The van der Waals surface area contributed by atoms with Crippen LogP contribution in [-0.2, 0) is 11.5 Å². The number of hydrogen-bond donors (Lipinski definition) is 0. The zero-order chi connectivity index (χ0) is 21.7. The second kappa shape index (κ2) is 7.77. The Bertz CT molecular complexity index is 1040. The third-order valence-electron chi connectivity index (χ3n) is 6.79. The van der Waals surface area contributed by atoms with E-state index < -0.39 is 8.32 Å². The van der Waals surface area contributed by atoms with E-state index in [-0.39, 0.29) is 5.04 Å². The quantitative estimate of drug-likeness (QED) is 0.365. The first-order chi connectivity index (χ1) is 14.0. The molecule has 0 spiro atoms. The zero-order valence-electron chi connectivity index (χ0n) is 18.8. The van der Waals surface area contributed by atoms with Crippen LogP contribution in [0.5, 0.6) is 0 Å². The lowest BCUT2D eigenvalue weighted by Gasteiger charge is -2.41. The van der Waals surface area contributed by atoms with Gasteiger partial charge in [0.2, 0.25) is 0 Å². The van der Waals surface area contributed by atoms with E-state index in [4.69, 9.17) is 21.1 Å². The largest absolute Gasteiger partial charge is 0.414 e. The number of aromatic nitrogens is 5. The van der Waals surface area contributed by atoms with Crippen molar-refractivity contribution in [2.75, 3.05) is 0 Å². The fraction of sp³-hybridized carbons (Fsp3) is 0.591. The van der Waals surface area contributed by atoms with Crippen LogP contribution in [0, 0.1) is 0 Å². The Morgan fingerprint density at radius 1 is 1.13 bits per heavy atom. The number of pyridine rings is 1. The highest BCUT2D eigenvalue weighted by atomic mass is 35.5. The van der Waals surface area contributed by atoms with Gasteiger partial charge in [0.25, 0.3) is 0 Å². The minimum Gasteiger partial charge on any atom is -0.414 e. The van der Waals surface area contributed by atoms with Gasteiger partial charge < -0.3 is 4.43 Å². The molecule has 6 nitrogen and oxygen atoms in total. The summed E-state index contributed by atoms with van der Waals surface area (Å²) in [5.74, 6) is 0. The molecule has 162 valence electrons. The SMILES string of the molecule is Cn1cc(-c2nn([C@H]3CC[C@H](O[Si](C)(C)C(C)(C)C)CC3)c3cc(Cl)ncc23)cn1. The van der Waals surface area contributed by atoms with E-state index in [1.165, 1.54) is 0 Å². The fourth-order valence-electron chi connectivity index (χ4n) is 4.04. The Morgan fingerprint density at radius 3 is 2.43 bits per heavy atom. The molecule has 0 aliphatic heterocycles. The molecule has 3 aromatic heterocycles. The highest BCUT2D eigenvalue weighted by molar-refractivity contribution is 6.74. The minimum absolute atomic E-state index is 0.240. The van der Waals surface area contributed by atoms with Crippen molar-refractivity contribution in [3.63, 3.8) is 0 Å². The number of nitrogens with zero attached hydrogens (tertiary/aromatic N) is 5. The summed E-state index contributed by atoms with van der Waals surface area (Å²) < 4.78 is 10.6. The molecule has 0 amide bonds. The molecule has 1 saturated carbocycles. The van der Waals surface area contributed by atoms with Crippen LogP contribution < -0.4 is 0 Å². The molecular weight excluding hydrogens is 414 g/mol. The first kappa shape index (κ1) is 21.5. The molecular formula is C22H32ClN5OSi. The molecule has 8 heteroatoms. The van der Waals surface area contributed by atoms with E-state index in [9.17, 15) is 0 Å². The normalized spacial score (nSPS) is 20.8. The van der Waals surface area contributed by atoms with Gasteiger partial charge >= 0.3 is 0 Å². The Morgan fingerprint density at radius 2 is 1.83 bits per heavy atom. The summed E-state index contributed by atoms with van der Waals surface area (Å²) >= 11 is 6.24. The number of halogens is 1. The highest BCUT2D eigenvalue weighted by Crippen LogP contribution is 2.41. The van der Waals surface area contributed by atoms with Crippen LogP contribution in [0.15, 0.2) is 24.7 Å². The van der Waals surface area contributed by atoms with Crippen LogP contribution in [0.2, 0.25) is 23.3 Å². The Labute approximate surface area is 184 Å². The van der Waals surface area contributed by atoms with E-state index in [0.29, 0.717) is 17.3 Å². The Hall–Kier alpha value is -1.70. The molecule has 0 unspecified atom stereocenters. The molecule has 30 heavy (non-hydrogen) atoms. The van der Waals surface area contributed by atoms with Gasteiger partial charge in [0.15, 0.2) is 8.32 Å². The number of hydrogen-bond acceptors (Lipinski definition) is 4. The third-order valence-corrected chi connectivity index (χ3v) is 11.5. The van der Waals surface area contributed by atoms with Gasteiger partial charge in [-0.15, -0.1) is 0 Å². The summed E-state index contributed by atoms with van der Waals surface area (Å²) in [6.45, 7) is 11.6. The summed E-state index contributed by atoms with van der Waals surface area (Å²) in [7, 11) is 0.178. The predicted octanol–water partition coefficient (Wildman–Crippen LogP) is 5.99. The standard InChI is InChI=1S/C22H32ClN5OSi/c1-22(2,3)30(5,6)29-17-9-7-16(8-10-17)28-19-11-20(23)24-13-18(19)21(26-28)15-12-25-27(4)14-15/h11-14,16-17H,7-10H2,1-6H3/t16-,17-. The first-order valence-corrected chi connectivity index (χ1v) is 14.0. The number of rotatable bonds is 4. The zero-order valence-corrected chi connectivity index (χ0v) is 20.6. The summed E-state index contributed by atoms with van der Waals surface area (Å²) in [5.41, 5.74) is 2.96. The molecule has 0 radical (unpaired) electrons. The molecule has 4 rings (SSSR count). The van der Waals surface area contributed by atoms with Crippen LogP contribution >= 0.6 is 11.6 Å². The fourth-order valence-corrected chi connectivity index (χ4v) is 5.62. The number of fused-ring (bicyclic) bond motifs is 1. The van der Waals surface area contributed by atoms with Crippen molar-refractivity contribution in [3.05, 3.63) is 29.8 Å². The van der Waals surface area contributed by atoms with Crippen molar-refractivity contribution in [1.29, 1.82) is 0 Å². The lowest BCUT2D eigenvalue weighted by atomic mass is 9.93. The van der Waals surface area contributed by atoms with E-state index in [1.807, 2.05) is 31.7 Å². The molecule has 0 atom stereocenters. The van der Waals surface area contributed by atoms with E-state index in [2.05, 4.69) is 48.6 Å². The third kappa shape index (κ3) is 4.07. The van der Waals surface area contributed by atoms with Gasteiger partial charge in [0.05, 0.1) is 17.8 Å². The lowest BCUT2D eigenvalue weighted by molar-refractivity contribution is 0.116. The van der Waals surface area contributed by atoms with Crippen LogP contribution in [0.4, 0.5) is 0 Å². The Kier molecular flexibility index (Phi) is 5.57. The molecule has 1 aliphatic rings. The molecule has 0 aromatic carbocycles. The predicted molar refractivity (Wildman–Crippen MR) is 124 cm³/mol. The Balaban J connectivity index is 1.58.